The standard InChI is InChI=1S/C15H21N3O2/c1-15(2,14(16)20)9-18-13(19)11-5-3-7-12-10(11)6-4-8-17-12/h3,5,7,17H,4,6,8-9H2,1-2H3,(H2,16,20)(H,18,19). The average Bonchev–Trinajstić information content (AvgIpc) is 2.44. The van der Waals surface area contributed by atoms with E-state index in [0.29, 0.717) is 5.56 Å². The highest BCUT2D eigenvalue weighted by molar-refractivity contribution is 5.97. The Labute approximate surface area is 118 Å². The van der Waals surface area contributed by atoms with Crippen LogP contribution in [0.5, 0.6) is 0 Å². The van der Waals surface area contributed by atoms with Crippen LogP contribution < -0.4 is 16.4 Å². The maximum absolute atomic E-state index is 12.3. The normalized spacial score (nSPS) is 14.1. The summed E-state index contributed by atoms with van der Waals surface area (Å²) in [6.07, 6.45) is 1.91. The molecule has 0 saturated carbocycles. The van der Waals surface area contributed by atoms with E-state index in [9.17, 15) is 9.59 Å². The van der Waals surface area contributed by atoms with Crippen LogP contribution in [0.1, 0.15) is 36.2 Å². The molecule has 20 heavy (non-hydrogen) atoms. The number of fused-ring (bicyclic) bond motifs is 1. The van der Waals surface area contributed by atoms with Gasteiger partial charge in [0.15, 0.2) is 0 Å². The van der Waals surface area contributed by atoms with E-state index in [2.05, 4.69) is 10.6 Å². The van der Waals surface area contributed by atoms with Gasteiger partial charge in [-0.1, -0.05) is 6.07 Å². The van der Waals surface area contributed by atoms with Gasteiger partial charge in [-0.25, -0.2) is 0 Å². The number of nitrogens with two attached hydrogens (primary N) is 1. The summed E-state index contributed by atoms with van der Waals surface area (Å²) in [6.45, 7) is 4.61. The van der Waals surface area contributed by atoms with Gasteiger partial charge in [0, 0.05) is 24.3 Å². The number of hydrogen-bond acceptors (Lipinski definition) is 3. The van der Waals surface area contributed by atoms with Gasteiger partial charge in [-0.2, -0.15) is 0 Å². The van der Waals surface area contributed by atoms with Crippen molar-refractivity contribution >= 4 is 17.5 Å². The SMILES string of the molecule is CC(C)(CNC(=O)c1cccc2c1CCCN2)C(N)=O. The predicted molar refractivity (Wildman–Crippen MR) is 78.6 cm³/mol. The lowest BCUT2D eigenvalue weighted by Gasteiger charge is -2.23. The number of anilines is 1. The molecule has 1 aliphatic rings. The van der Waals surface area contributed by atoms with E-state index in [1.807, 2.05) is 18.2 Å². The van der Waals surface area contributed by atoms with E-state index in [0.717, 1.165) is 30.6 Å². The summed E-state index contributed by atoms with van der Waals surface area (Å²) in [5.74, 6) is -0.575. The fraction of sp³-hybridized carbons (Fsp3) is 0.467. The molecule has 5 heteroatoms. The summed E-state index contributed by atoms with van der Waals surface area (Å²) in [6, 6.07) is 5.67. The van der Waals surface area contributed by atoms with Gasteiger partial charge in [0.1, 0.15) is 0 Å². The van der Waals surface area contributed by atoms with Gasteiger partial charge in [0.2, 0.25) is 5.91 Å². The lowest BCUT2D eigenvalue weighted by molar-refractivity contribution is -0.125. The summed E-state index contributed by atoms with van der Waals surface area (Å²) in [5.41, 5.74) is 7.31. The second-order valence-corrected chi connectivity index (χ2v) is 5.79. The molecule has 2 amide bonds. The molecule has 1 aromatic rings. The number of rotatable bonds is 4. The molecule has 1 aromatic carbocycles. The highest BCUT2D eigenvalue weighted by Gasteiger charge is 2.26. The summed E-state index contributed by atoms with van der Waals surface area (Å²) < 4.78 is 0. The first-order valence-electron chi connectivity index (χ1n) is 6.86. The van der Waals surface area contributed by atoms with E-state index in [-0.39, 0.29) is 12.5 Å². The van der Waals surface area contributed by atoms with Crippen LogP contribution in [0.3, 0.4) is 0 Å². The van der Waals surface area contributed by atoms with Crippen molar-refractivity contribution < 1.29 is 9.59 Å². The van der Waals surface area contributed by atoms with Gasteiger partial charge in [-0.05, 0) is 44.4 Å². The van der Waals surface area contributed by atoms with Crippen LogP contribution in [-0.4, -0.2) is 24.9 Å². The smallest absolute Gasteiger partial charge is 0.251 e. The number of carbonyl (C=O) groups excluding carboxylic acids is 2. The number of benzene rings is 1. The zero-order valence-corrected chi connectivity index (χ0v) is 12.0. The molecule has 0 aromatic heterocycles. The van der Waals surface area contributed by atoms with Crippen LogP contribution in [0, 0.1) is 5.41 Å². The van der Waals surface area contributed by atoms with Crippen molar-refractivity contribution in [2.24, 2.45) is 11.1 Å². The molecular weight excluding hydrogens is 254 g/mol. The molecule has 0 radical (unpaired) electrons. The van der Waals surface area contributed by atoms with Crippen LogP contribution in [-0.2, 0) is 11.2 Å². The van der Waals surface area contributed by atoms with Crippen molar-refractivity contribution in [3.8, 4) is 0 Å². The summed E-state index contributed by atoms with van der Waals surface area (Å²) in [5, 5.41) is 6.10. The maximum Gasteiger partial charge on any atom is 0.251 e. The Morgan fingerprint density at radius 1 is 1.40 bits per heavy atom. The Kier molecular flexibility index (Phi) is 3.97. The summed E-state index contributed by atoms with van der Waals surface area (Å²) >= 11 is 0. The second kappa shape index (κ2) is 5.53. The van der Waals surface area contributed by atoms with Gasteiger partial charge in [-0.15, -0.1) is 0 Å². The fourth-order valence-electron chi connectivity index (χ4n) is 2.21. The zero-order valence-electron chi connectivity index (χ0n) is 12.0. The van der Waals surface area contributed by atoms with Crippen molar-refractivity contribution in [1.82, 2.24) is 5.32 Å². The minimum Gasteiger partial charge on any atom is -0.385 e. The van der Waals surface area contributed by atoms with E-state index in [1.165, 1.54) is 0 Å². The van der Waals surface area contributed by atoms with E-state index < -0.39 is 11.3 Å². The van der Waals surface area contributed by atoms with Crippen molar-refractivity contribution in [3.05, 3.63) is 29.3 Å². The fourth-order valence-corrected chi connectivity index (χ4v) is 2.21. The highest BCUT2D eigenvalue weighted by atomic mass is 16.2. The van der Waals surface area contributed by atoms with Crippen molar-refractivity contribution in [2.45, 2.75) is 26.7 Å². The number of nitrogens with one attached hydrogen (secondary N) is 2. The predicted octanol–water partition coefficient (Wildman–Crippen LogP) is 1.29. The molecule has 5 nitrogen and oxygen atoms in total. The van der Waals surface area contributed by atoms with Crippen LogP contribution >= 0.6 is 0 Å². The lowest BCUT2D eigenvalue weighted by atomic mass is 9.92. The number of amides is 2. The molecule has 0 aliphatic carbocycles. The Balaban J connectivity index is 2.12. The van der Waals surface area contributed by atoms with Gasteiger partial charge in [0.05, 0.1) is 5.41 Å². The maximum atomic E-state index is 12.3. The second-order valence-electron chi connectivity index (χ2n) is 5.79. The first kappa shape index (κ1) is 14.4. The summed E-state index contributed by atoms with van der Waals surface area (Å²) in [7, 11) is 0. The van der Waals surface area contributed by atoms with E-state index in [4.69, 9.17) is 5.73 Å². The van der Waals surface area contributed by atoms with Crippen LogP contribution in [0.4, 0.5) is 5.69 Å². The molecule has 0 fully saturated rings. The molecule has 108 valence electrons. The largest absolute Gasteiger partial charge is 0.385 e. The molecule has 1 heterocycles. The zero-order chi connectivity index (χ0) is 14.8. The molecule has 2 rings (SSSR count). The molecule has 0 bridgehead atoms. The third kappa shape index (κ3) is 2.92. The molecule has 0 saturated heterocycles. The third-order valence-electron chi connectivity index (χ3n) is 3.70. The van der Waals surface area contributed by atoms with Crippen molar-refractivity contribution in [1.29, 1.82) is 0 Å². The Morgan fingerprint density at radius 2 is 2.15 bits per heavy atom. The first-order chi connectivity index (χ1) is 9.42. The van der Waals surface area contributed by atoms with Crippen molar-refractivity contribution in [2.75, 3.05) is 18.4 Å². The van der Waals surface area contributed by atoms with Gasteiger partial charge < -0.3 is 16.4 Å². The summed E-state index contributed by atoms with van der Waals surface area (Å²) in [4.78, 5) is 23.6. The molecule has 4 N–H and O–H groups in total. The van der Waals surface area contributed by atoms with E-state index >= 15 is 0 Å². The third-order valence-corrected chi connectivity index (χ3v) is 3.70. The average molecular weight is 275 g/mol. The minimum atomic E-state index is -0.747. The van der Waals surface area contributed by atoms with Crippen molar-refractivity contribution in [3.63, 3.8) is 0 Å². The molecule has 0 unspecified atom stereocenters. The Hall–Kier alpha value is -2.04. The molecular formula is C15H21N3O2. The van der Waals surface area contributed by atoms with Gasteiger partial charge >= 0.3 is 0 Å². The highest BCUT2D eigenvalue weighted by Crippen LogP contribution is 2.25. The lowest BCUT2D eigenvalue weighted by Crippen LogP contribution is -2.42. The Bertz CT molecular complexity index is 538. The number of primary amides is 1. The number of hydrogen-bond donors (Lipinski definition) is 3. The van der Waals surface area contributed by atoms with Gasteiger partial charge in [0.25, 0.3) is 5.91 Å². The molecule has 0 spiro atoms. The van der Waals surface area contributed by atoms with Crippen LogP contribution in [0.15, 0.2) is 18.2 Å². The quantitative estimate of drug-likeness (QED) is 0.774. The van der Waals surface area contributed by atoms with Crippen LogP contribution in [0.25, 0.3) is 0 Å². The van der Waals surface area contributed by atoms with E-state index in [1.54, 1.807) is 13.8 Å². The minimum absolute atomic E-state index is 0.153. The monoisotopic (exact) mass is 275 g/mol. The molecule has 1 aliphatic heterocycles. The Morgan fingerprint density at radius 3 is 2.85 bits per heavy atom. The first-order valence-corrected chi connectivity index (χ1v) is 6.86. The van der Waals surface area contributed by atoms with Gasteiger partial charge in [-0.3, -0.25) is 9.59 Å². The van der Waals surface area contributed by atoms with Crippen LogP contribution in [0.2, 0.25) is 0 Å². The number of carbonyl (C=O) groups is 2. The molecule has 0 atom stereocenters. The topological polar surface area (TPSA) is 84.2 Å².